The lowest BCUT2D eigenvalue weighted by molar-refractivity contribution is 0.247. The SMILES string of the molecule is Cc1cc(C2(N=C=O)CCC2)c(O)c(Cl)c1C. The Hall–Kier alpha value is -1.31. The van der Waals surface area contributed by atoms with E-state index < -0.39 is 5.54 Å². The second kappa shape index (κ2) is 4.17. The number of carbonyl (C=O) groups excluding carboxylic acids is 1. The second-order valence-electron chi connectivity index (χ2n) is 4.62. The summed E-state index contributed by atoms with van der Waals surface area (Å²) in [6, 6.07) is 1.87. The predicted octanol–water partition coefficient (Wildman–Crippen LogP) is 3.38. The molecule has 1 fully saturated rings. The Labute approximate surface area is 105 Å². The zero-order chi connectivity index (χ0) is 12.6. The molecule has 0 aliphatic heterocycles. The molecule has 3 nitrogen and oxygen atoms in total. The van der Waals surface area contributed by atoms with Crippen LogP contribution >= 0.6 is 11.6 Å². The monoisotopic (exact) mass is 251 g/mol. The summed E-state index contributed by atoms with van der Waals surface area (Å²) in [7, 11) is 0. The Morgan fingerprint density at radius 2 is 2.12 bits per heavy atom. The summed E-state index contributed by atoms with van der Waals surface area (Å²) < 4.78 is 0. The Balaban J connectivity index is 2.63. The van der Waals surface area contributed by atoms with Crippen LogP contribution in [0.1, 0.15) is 36.0 Å². The first-order chi connectivity index (χ1) is 8.02. The standard InChI is InChI=1S/C13H14ClNO2/c1-8-6-10(12(17)11(14)9(8)2)13(15-7-16)4-3-5-13/h6,17H,3-5H2,1-2H3. The molecule has 0 spiro atoms. The minimum atomic E-state index is -0.603. The second-order valence-corrected chi connectivity index (χ2v) is 4.99. The quantitative estimate of drug-likeness (QED) is 0.647. The van der Waals surface area contributed by atoms with Crippen molar-refractivity contribution < 1.29 is 9.90 Å². The molecule has 0 amide bonds. The van der Waals surface area contributed by atoms with E-state index in [-0.39, 0.29) is 5.75 Å². The largest absolute Gasteiger partial charge is 0.506 e. The van der Waals surface area contributed by atoms with Gasteiger partial charge in [0.05, 0.1) is 5.02 Å². The molecule has 0 aromatic heterocycles. The highest BCUT2D eigenvalue weighted by molar-refractivity contribution is 6.33. The van der Waals surface area contributed by atoms with Gasteiger partial charge in [-0.2, -0.15) is 4.99 Å². The van der Waals surface area contributed by atoms with Crippen LogP contribution in [0.15, 0.2) is 11.1 Å². The fraction of sp³-hybridized carbons (Fsp3) is 0.462. The van der Waals surface area contributed by atoms with Gasteiger partial charge in [0.2, 0.25) is 6.08 Å². The van der Waals surface area contributed by atoms with Crippen LogP contribution in [0.3, 0.4) is 0 Å². The maximum absolute atomic E-state index is 10.5. The van der Waals surface area contributed by atoms with E-state index in [2.05, 4.69) is 4.99 Å². The average molecular weight is 252 g/mol. The first kappa shape index (κ1) is 12.2. The number of halogens is 1. The number of nitrogens with zero attached hydrogens (tertiary/aromatic N) is 1. The molecule has 0 unspecified atom stereocenters. The lowest BCUT2D eigenvalue weighted by atomic mass is 9.71. The minimum Gasteiger partial charge on any atom is -0.506 e. The van der Waals surface area contributed by atoms with Gasteiger partial charge in [-0.05, 0) is 50.3 Å². The van der Waals surface area contributed by atoms with Gasteiger partial charge in [-0.1, -0.05) is 11.6 Å². The molecule has 0 radical (unpaired) electrons. The van der Waals surface area contributed by atoms with Crippen LogP contribution in [0.5, 0.6) is 5.75 Å². The number of hydrogen-bond donors (Lipinski definition) is 1. The highest BCUT2D eigenvalue weighted by Gasteiger charge is 2.41. The summed E-state index contributed by atoms with van der Waals surface area (Å²) in [5.74, 6) is 0.0495. The van der Waals surface area contributed by atoms with Gasteiger partial charge in [0.15, 0.2) is 0 Å². The van der Waals surface area contributed by atoms with Crippen molar-refractivity contribution in [1.82, 2.24) is 0 Å². The number of benzene rings is 1. The Kier molecular flexibility index (Phi) is 2.98. The molecule has 2 rings (SSSR count). The maximum Gasteiger partial charge on any atom is 0.235 e. The minimum absolute atomic E-state index is 0.0495. The number of aryl methyl sites for hydroxylation is 1. The van der Waals surface area contributed by atoms with E-state index in [0.29, 0.717) is 10.6 Å². The van der Waals surface area contributed by atoms with Crippen LogP contribution in [0, 0.1) is 13.8 Å². The summed E-state index contributed by atoms with van der Waals surface area (Å²) in [5.41, 5.74) is 1.90. The normalized spacial score (nSPS) is 17.1. The average Bonchev–Trinajstić information content (AvgIpc) is 2.26. The third kappa shape index (κ3) is 1.76. The molecule has 0 atom stereocenters. The third-order valence-corrected chi connectivity index (χ3v) is 4.15. The fourth-order valence-electron chi connectivity index (χ4n) is 2.26. The molecule has 0 bridgehead atoms. The van der Waals surface area contributed by atoms with Crippen LogP contribution < -0.4 is 0 Å². The Morgan fingerprint density at radius 3 is 2.59 bits per heavy atom. The summed E-state index contributed by atoms with van der Waals surface area (Å²) in [4.78, 5) is 14.4. The van der Waals surface area contributed by atoms with Gasteiger partial charge in [0, 0.05) is 5.56 Å². The number of aliphatic imine (C=N–C) groups is 1. The van der Waals surface area contributed by atoms with E-state index >= 15 is 0 Å². The zero-order valence-corrected chi connectivity index (χ0v) is 10.6. The van der Waals surface area contributed by atoms with Crippen molar-refractivity contribution in [2.24, 2.45) is 4.99 Å². The molecule has 1 aromatic rings. The van der Waals surface area contributed by atoms with Crippen LogP contribution in [-0.4, -0.2) is 11.2 Å². The first-order valence-electron chi connectivity index (χ1n) is 5.60. The number of hydrogen-bond acceptors (Lipinski definition) is 3. The van der Waals surface area contributed by atoms with Gasteiger partial charge < -0.3 is 5.11 Å². The van der Waals surface area contributed by atoms with Crippen molar-refractivity contribution >= 4 is 17.7 Å². The molecule has 1 aliphatic rings. The molecule has 1 N–H and O–H groups in total. The van der Waals surface area contributed by atoms with Crippen LogP contribution in [0.25, 0.3) is 0 Å². The molecule has 1 saturated carbocycles. The highest BCUT2D eigenvalue weighted by Crippen LogP contribution is 2.50. The smallest absolute Gasteiger partial charge is 0.235 e. The van der Waals surface area contributed by atoms with Gasteiger partial charge in [0.25, 0.3) is 0 Å². The number of phenols is 1. The summed E-state index contributed by atoms with van der Waals surface area (Å²) in [6.07, 6.45) is 4.12. The predicted molar refractivity (Wildman–Crippen MR) is 66.2 cm³/mol. The number of rotatable bonds is 2. The molecule has 0 saturated heterocycles. The summed E-state index contributed by atoms with van der Waals surface area (Å²) in [5, 5.41) is 10.5. The van der Waals surface area contributed by atoms with Crippen molar-refractivity contribution in [1.29, 1.82) is 0 Å². The molecule has 4 heteroatoms. The van der Waals surface area contributed by atoms with Crippen molar-refractivity contribution in [3.8, 4) is 5.75 Å². The van der Waals surface area contributed by atoms with Crippen molar-refractivity contribution in [3.63, 3.8) is 0 Å². The van der Waals surface area contributed by atoms with Crippen molar-refractivity contribution in [3.05, 3.63) is 27.8 Å². The molecule has 1 aromatic carbocycles. The van der Waals surface area contributed by atoms with E-state index in [1.54, 1.807) is 6.08 Å². The van der Waals surface area contributed by atoms with Gasteiger partial charge in [0.1, 0.15) is 11.3 Å². The summed E-state index contributed by atoms with van der Waals surface area (Å²) >= 11 is 6.09. The Morgan fingerprint density at radius 1 is 1.47 bits per heavy atom. The van der Waals surface area contributed by atoms with Gasteiger partial charge in [-0.25, -0.2) is 4.79 Å². The van der Waals surface area contributed by atoms with E-state index in [1.165, 1.54) is 0 Å². The van der Waals surface area contributed by atoms with Crippen molar-refractivity contribution in [2.45, 2.75) is 38.6 Å². The molecule has 0 heterocycles. The van der Waals surface area contributed by atoms with Crippen LogP contribution in [0.2, 0.25) is 5.02 Å². The third-order valence-electron chi connectivity index (χ3n) is 3.69. The fourth-order valence-corrected chi connectivity index (χ4v) is 2.51. The van der Waals surface area contributed by atoms with E-state index in [4.69, 9.17) is 11.6 Å². The molecule has 1 aliphatic carbocycles. The van der Waals surface area contributed by atoms with Crippen molar-refractivity contribution in [2.75, 3.05) is 0 Å². The lowest BCUT2D eigenvalue weighted by Gasteiger charge is -2.38. The number of isocyanates is 1. The first-order valence-corrected chi connectivity index (χ1v) is 5.98. The van der Waals surface area contributed by atoms with Gasteiger partial charge in [-0.3, -0.25) is 0 Å². The molecule has 17 heavy (non-hydrogen) atoms. The molecule has 90 valence electrons. The summed E-state index contributed by atoms with van der Waals surface area (Å²) in [6.45, 7) is 3.79. The topological polar surface area (TPSA) is 49.7 Å². The number of phenolic OH excluding ortho intramolecular Hbond substituents is 1. The van der Waals surface area contributed by atoms with Crippen LogP contribution in [0.4, 0.5) is 0 Å². The highest BCUT2D eigenvalue weighted by atomic mass is 35.5. The van der Waals surface area contributed by atoms with Gasteiger partial charge >= 0.3 is 0 Å². The molecular formula is C13H14ClNO2. The van der Waals surface area contributed by atoms with E-state index in [1.807, 2.05) is 19.9 Å². The number of aromatic hydroxyl groups is 1. The van der Waals surface area contributed by atoms with E-state index in [0.717, 1.165) is 30.4 Å². The molecular weight excluding hydrogens is 238 g/mol. The lowest BCUT2D eigenvalue weighted by Crippen LogP contribution is -2.32. The van der Waals surface area contributed by atoms with E-state index in [9.17, 15) is 9.90 Å². The maximum atomic E-state index is 10.5. The zero-order valence-electron chi connectivity index (χ0n) is 9.88. The Bertz CT molecular complexity index is 515. The van der Waals surface area contributed by atoms with Gasteiger partial charge in [-0.15, -0.1) is 0 Å². The van der Waals surface area contributed by atoms with Crippen LogP contribution in [-0.2, 0) is 10.3 Å².